The van der Waals surface area contributed by atoms with Crippen molar-refractivity contribution < 1.29 is 54.6 Å². The molecule has 200 valence electrons. The average Bonchev–Trinajstić information content (AvgIpc) is 2.73. The molecule has 12 heteroatoms. The van der Waals surface area contributed by atoms with Crippen LogP contribution in [-0.2, 0) is 23.9 Å². The largest absolute Gasteiger partial charge is 0.481 e. The molecule has 0 saturated carbocycles. The second-order valence-electron chi connectivity index (χ2n) is 6.54. The van der Waals surface area contributed by atoms with E-state index in [4.69, 9.17) is 30.6 Å². The van der Waals surface area contributed by atoms with Gasteiger partial charge in [-0.15, -0.1) is 0 Å². The molecule has 0 rings (SSSR count). The molecule has 0 atom stereocenters. The van der Waals surface area contributed by atoms with E-state index in [1.165, 1.54) is 13.8 Å². The molecule has 0 aromatic carbocycles. The van der Waals surface area contributed by atoms with Crippen LogP contribution >= 0.6 is 11.8 Å². The summed E-state index contributed by atoms with van der Waals surface area (Å²) in [5, 5.41) is 48.7. The molecule has 0 aliphatic carbocycles. The third kappa shape index (κ3) is 51.9. The molecule has 0 bridgehead atoms. The number of carboxylic acid groups (broad SMARTS) is 4. The quantitative estimate of drug-likeness (QED) is 0.131. The summed E-state index contributed by atoms with van der Waals surface area (Å²) in [6, 6.07) is 0. The Morgan fingerprint density at radius 3 is 1.18 bits per heavy atom. The minimum atomic E-state index is -0.935. The summed E-state index contributed by atoms with van der Waals surface area (Å²) in [4.78, 5) is 39.5. The second kappa shape index (κ2) is 30.6. The number of aliphatic carboxylic acids is 4. The molecule has 11 nitrogen and oxygen atoms in total. The summed E-state index contributed by atoms with van der Waals surface area (Å²) in [6.07, 6.45) is 3.82. The molecule has 6 N–H and O–H groups in total. The van der Waals surface area contributed by atoms with Gasteiger partial charge in [-0.05, 0) is 51.0 Å². The predicted molar refractivity (Wildman–Crippen MR) is 130 cm³/mol. The molecule has 0 heterocycles. The lowest BCUT2D eigenvalue weighted by molar-refractivity contribution is -0.138. The van der Waals surface area contributed by atoms with Crippen LogP contribution in [0.1, 0.15) is 52.4 Å². The van der Waals surface area contributed by atoms with Crippen LogP contribution in [0.4, 0.5) is 0 Å². The van der Waals surface area contributed by atoms with E-state index in [0.29, 0.717) is 13.2 Å². The molecule has 0 radical (unpaired) electrons. The number of unbranched alkanes of at least 4 members (excludes halogenated alkanes) is 2. The number of thioether (sulfide) groups is 1. The maximum absolute atomic E-state index is 10.2. The molecule has 0 aliphatic rings. The molecule has 0 fully saturated rings. The maximum Gasteiger partial charge on any atom is 0.330 e. The van der Waals surface area contributed by atoms with Crippen LogP contribution in [-0.4, -0.2) is 92.4 Å². The molecule has 0 aliphatic heterocycles. The van der Waals surface area contributed by atoms with Gasteiger partial charge >= 0.3 is 23.9 Å². The Bertz CT molecular complexity index is 505. The standard InChI is InChI=1S/C10H18O4S.C4H10O3.2C4H6O2/c11-9(12)5-1-3-7-15-8-4-2-6-10(13)14;5-1-3-7-4-2-6;2*1-3(2)4(5)6/h1-8H2,(H,11,12)(H,13,14);5-6H,1-4H2;2*1H2,2H3,(H,5,6). The van der Waals surface area contributed by atoms with Gasteiger partial charge in [0.25, 0.3) is 0 Å². The Kier molecular flexibility index (Phi) is 34.9. The van der Waals surface area contributed by atoms with Gasteiger partial charge < -0.3 is 35.4 Å². The Morgan fingerprint density at radius 1 is 0.676 bits per heavy atom. The highest BCUT2D eigenvalue weighted by Crippen LogP contribution is 2.09. The molecular weight excluding hydrogens is 472 g/mol. The second-order valence-corrected chi connectivity index (χ2v) is 7.77. The zero-order chi connectivity index (χ0) is 27.4. The van der Waals surface area contributed by atoms with Crippen molar-refractivity contribution in [2.24, 2.45) is 0 Å². The predicted octanol–water partition coefficient (Wildman–Crippen LogP) is 2.51. The van der Waals surface area contributed by atoms with Crippen LogP contribution in [0.15, 0.2) is 24.3 Å². The number of ether oxygens (including phenoxy) is 1. The van der Waals surface area contributed by atoms with Gasteiger partial charge in [0, 0.05) is 24.0 Å². The molecule has 0 aromatic rings. The summed E-state index contributed by atoms with van der Waals surface area (Å²) in [7, 11) is 0. The fraction of sp³-hybridized carbons (Fsp3) is 0.636. The van der Waals surface area contributed by atoms with Gasteiger partial charge in [-0.3, -0.25) is 9.59 Å². The highest BCUT2D eigenvalue weighted by Gasteiger charge is 1.98. The van der Waals surface area contributed by atoms with Crippen LogP contribution in [0.2, 0.25) is 0 Å². The molecule has 34 heavy (non-hydrogen) atoms. The van der Waals surface area contributed by atoms with E-state index in [1.54, 1.807) is 11.8 Å². The summed E-state index contributed by atoms with van der Waals surface area (Å²) >= 11 is 1.77. The van der Waals surface area contributed by atoms with Crippen molar-refractivity contribution in [2.75, 3.05) is 37.9 Å². The molecular formula is C22H40O11S. The normalized spacial score (nSPS) is 9.06. The number of hydrogen-bond donors (Lipinski definition) is 6. The first-order valence-corrected chi connectivity index (χ1v) is 11.6. The molecule has 0 amide bonds. The van der Waals surface area contributed by atoms with Gasteiger partial charge in [0.15, 0.2) is 0 Å². The molecule has 0 unspecified atom stereocenters. The van der Waals surface area contributed by atoms with Gasteiger partial charge in [-0.1, -0.05) is 13.2 Å². The Hall–Kier alpha value is -2.41. The first-order valence-electron chi connectivity index (χ1n) is 10.4. The van der Waals surface area contributed by atoms with E-state index in [9.17, 15) is 19.2 Å². The Labute approximate surface area is 205 Å². The minimum absolute atomic E-state index is 0.0278. The summed E-state index contributed by atoms with van der Waals surface area (Å²) in [5.74, 6) is -1.39. The fourth-order valence-electron chi connectivity index (χ4n) is 1.29. The SMILES string of the molecule is C=C(C)C(=O)O.C=C(C)C(=O)O.O=C(O)CCCCSCCCCC(=O)O.OCCOCCO. The Morgan fingerprint density at radius 2 is 0.971 bits per heavy atom. The lowest BCUT2D eigenvalue weighted by Crippen LogP contribution is -2.03. The number of aliphatic hydroxyl groups is 2. The highest BCUT2D eigenvalue weighted by molar-refractivity contribution is 7.99. The zero-order valence-electron chi connectivity index (χ0n) is 20.0. The topological polar surface area (TPSA) is 199 Å². The van der Waals surface area contributed by atoms with E-state index in [1.807, 2.05) is 0 Å². The van der Waals surface area contributed by atoms with Crippen LogP contribution in [0.5, 0.6) is 0 Å². The van der Waals surface area contributed by atoms with E-state index < -0.39 is 23.9 Å². The van der Waals surface area contributed by atoms with Crippen LogP contribution in [0.25, 0.3) is 0 Å². The van der Waals surface area contributed by atoms with Gasteiger partial charge in [0.2, 0.25) is 0 Å². The maximum atomic E-state index is 10.2. The number of rotatable bonds is 16. The van der Waals surface area contributed by atoms with Crippen molar-refractivity contribution in [3.63, 3.8) is 0 Å². The molecule has 0 spiro atoms. The van der Waals surface area contributed by atoms with Crippen molar-refractivity contribution in [1.82, 2.24) is 0 Å². The fourth-order valence-corrected chi connectivity index (χ4v) is 2.31. The average molecular weight is 513 g/mol. The zero-order valence-corrected chi connectivity index (χ0v) is 20.8. The summed E-state index contributed by atoms with van der Waals surface area (Å²) < 4.78 is 4.63. The monoisotopic (exact) mass is 512 g/mol. The lowest BCUT2D eigenvalue weighted by atomic mass is 10.2. The first kappa shape index (κ1) is 38.8. The Balaban J connectivity index is -0.000000197. The van der Waals surface area contributed by atoms with E-state index in [0.717, 1.165) is 37.2 Å². The van der Waals surface area contributed by atoms with Crippen LogP contribution < -0.4 is 0 Å². The van der Waals surface area contributed by atoms with Gasteiger partial charge in [0.05, 0.1) is 26.4 Å². The van der Waals surface area contributed by atoms with Crippen molar-refractivity contribution in [3.8, 4) is 0 Å². The lowest BCUT2D eigenvalue weighted by Gasteiger charge is -2.00. The van der Waals surface area contributed by atoms with E-state index in [-0.39, 0.29) is 37.2 Å². The third-order valence-corrected chi connectivity index (χ3v) is 4.21. The number of hydrogen-bond acceptors (Lipinski definition) is 8. The van der Waals surface area contributed by atoms with Crippen molar-refractivity contribution in [1.29, 1.82) is 0 Å². The summed E-state index contributed by atoms with van der Waals surface area (Å²) in [5.41, 5.74) is 0.352. The van der Waals surface area contributed by atoms with Crippen LogP contribution in [0, 0.1) is 0 Å². The van der Waals surface area contributed by atoms with Crippen molar-refractivity contribution in [2.45, 2.75) is 52.4 Å². The highest BCUT2D eigenvalue weighted by atomic mass is 32.2. The van der Waals surface area contributed by atoms with Crippen molar-refractivity contribution >= 4 is 35.6 Å². The number of aliphatic hydroxyl groups excluding tert-OH is 2. The van der Waals surface area contributed by atoms with Crippen molar-refractivity contribution in [3.05, 3.63) is 24.3 Å². The van der Waals surface area contributed by atoms with Crippen LogP contribution in [0.3, 0.4) is 0 Å². The summed E-state index contributed by atoms with van der Waals surface area (Å²) in [6.45, 7) is 9.90. The number of carbonyl (C=O) groups is 4. The smallest absolute Gasteiger partial charge is 0.330 e. The molecule has 0 aromatic heterocycles. The minimum Gasteiger partial charge on any atom is -0.481 e. The van der Waals surface area contributed by atoms with E-state index in [2.05, 4.69) is 17.9 Å². The number of carboxylic acids is 4. The molecule has 0 saturated heterocycles. The van der Waals surface area contributed by atoms with Gasteiger partial charge in [0.1, 0.15) is 0 Å². The van der Waals surface area contributed by atoms with E-state index >= 15 is 0 Å². The van der Waals surface area contributed by atoms with Gasteiger partial charge in [-0.25, -0.2) is 9.59 Å². The first-order chi connectivity index (χ1) is 15.8. The third-order valence-electron chi connectivity index (χ3n) is 3.06. The van der Waals surface area contributed by atoms with Gasteiger partial charge in [-0.2, -0.15) is 11.8 Å².